The number of hydrogen-bond donors (Lipinski definition) is 0. The summed E-state index contributed by atoms with van der Waals surface area (Å²) in [5.74, 6) is -0.494. The largest absolute Gasteiger partial charge is 0.303 e. The first-order valence-corrected chi connectivity index (χ1v) is 7.74. The summed E-state index contributed by atoms with van der Waals surface area (Å²) in [6.07, 6.45) is 6.81. The molecule has 2 fully saturated rings. The van der Waals surface area contributed by atoms with Crippen molar-refractivity contribution in [2.45, 2.75) is 77.5 Å². The van der Waals surface area contributed by atoms with Gasteiger partial charge in [-0.2, -0.15) is 0 Å². The Hall–Kier alpha value is -0.330. The minimum atomic E-state index is -2.03. The van der Waals surface area contributed by atoms with Gasteiger partial charge in [0.2, 0.25) is 0 Å². The van der Waals surface area contributed by atoms with Gasteiger partial charge in [0, 0.05) is 11.4 Å². The molecule has 0 heterocycles. The van der Waals surface area contributed by atoms with Crippen molar-refractivity contribution in [2.75, 3.05) is 0 Å². The molecule has 0 aromatic heterocycles. The predicted octanol–water partition coefficient (Wildman–Crippen LogP) is 4.99. The van der Waals surface area contributed by atoms with E-state index >= 15 is 0 Å². The zero-order valence-corrected chi connectivity index (χ0v) is 11.7. The van der Waals surface area contributed by atoms with Gasteiger partial charge in [-0.1, -0.05) is 39.0 Å². The zero-order chi connectivity index (χ0) is 16.4. The summed E-state index contributed by atoms with van der Waals surface area (Å²) in [4.78, 5) is 11.2. The molecule has 0 amide bonds. The molecule has 0 aromatic rings. The van der Waals surface area contributed by atoms with Crippen LogP contribution in [0.5, 0.6) is 0 Å². The molecule has 0 aromatic carbocycles. The lowest BCUT2D eigenvalue weighted by Crippen LogP contribution is -2.26. The molecule has 0 saturated heterocycles. The monoisotopic (exact) mass is 254 g/mol. The number of carbonyl (C=O) groups excluding carboxylic acids is 1. The molecule has 0 aliphatic heterocycles. The van der Waals surface area contributed by atoms with Crippen LogP contribution in [0, 0.1) is 23.6 Å². The van der Waals surface area contributed by atoms with E-state index in [4.69, 9.17) is 5.48 Å². The quantitative estimate of drug-likeness (QED) is 0.632. The van der Waals surface area contributed by atoms with E-state index in [2.05, 4.69) is 6.92 Å². The molecule has 2 aliphatic carbocycles. The van der Waals surface area contributed by atoms with Crippen molar-refractivity contribution in [3.8, 4) is 0 Å². The lowest BCUT2D eigenvalue weighted by molar-refractivity contribution is -0.112. The molecule has 104 valence electrons. The Balaban J connectivity index is 1.96. The fourth-order valence-corrected chi connectivity index (χ4v) is 3.55. The molecule has 0 bridgehead atoms. The summed E-state index contributed by atoms with van der Waals surface area (Å²) >= 11 is 0. The highest BCUT2D eigenvalue weighted by atomic mass is 16.1. The molecule has 3 unspecified atom stereocenters. The fourth-order valence-electron chi connectivity index (χ4n) is 3.55. The van der Waals surface area contributed by atoms with E-state index < -0.39 is 18.7 Å². The maximum Gasteiger partial charge on any atom is 0.123 e. The second-order valence-corrected chi connectivity index (χ2v) is 6.08. The van der Waals surface area contributed by atoms with Gasteiger partial charge in [0.25, 0.3) is 0 Å². The number of hydrogen-bond acceptors (Lipinski definition) is 1. The first kappa shape index (κ1) is 9.55. The third-order valence-corrected chi connectivity index (χ3v) is 4.83. The van der Waals surface area contributed by atoms with Crippen LogP contribution in [-0.2, 0) is 4.79 Å². The van der Waals surface area contributed by atoms with Gasteiger partial charge in [0.15, 0.2) is 0 Å². The molecule has 0 spiro atoms. The number of rotatable bonds is 5. The van der Waals surface area contributed by atoms with Gasteiger partial charge in [-0.3, -0.25) is 0 Å². The standard InChI is InChI=1S/C17H30O/c1-2-3-4-14-5-9-16(10-6-14)17-11-7-15(13-18)8-12-17/h13-17H,2-12H2,1H3/i7D2,11D,15D. The van der Waals surface area contributed by atoms with Crippen LogP contribution in [-0.4, -0.2) is 6.29 Å². The van der Waals surface area contributed by atoms with Crippen molar-refractivity contribution in [1.82, 2.24) is 0 Å². The van der Waals surface area contributed by atoms with Crippen LogP contribution in [0.2, 0.25) is 0 Å². The third kappa shape index (κ3) is 3.83. The Kier molecular flexibility index (Phi) is 3.88. The Morgan fingerprint density at radius 3 is 2.56 bits per heavy atom. The van der Waals surface area contributed by atoms with Gasteiger partial charge in [-0.05, 0) is 56.2 Å². The van der Waals surface area contributed by atoms with E-state index in [1.807, 2.05) is 0 Å². The maximum absolute atomic E-state index is 11.2. The molecular formula is C17H30O. The zero-order valence-electron chi connectivity index (χ0n) is 15.7. The second-order valence-electron chi connectivity index (χ2n) is 6.08. The van der Waals surface area contributed by atoms with Crippen LogP contribution >= 0.6 is 0 Å². The highest BCUT2D eigenvalue weighted by Gasteiger charge is 2.30. The third-order valence-electron chi connectivity index (χ3n) is 4.83. The van der Waals surface area contributed by atoms with E-state index in [1.54, 1.807) is 0 Å². The Bertz CT molecular complexity index is 379. The van der Waals surface area contributed by atoms with E-state index in [1.165, 1.54) is 32.1 Å². The molecule has 1 nitrogen and oxygen atoms in total. The average molecular weight is 254 g/mol. The average Bonchev–Trinajstić information content (AvgIpc) is 2.52. The number of unbranched alkanes of at least 4 members (excludes halogenated alkanes) is 1. The van der Waals surface area contributed by atoms with E-state index in [-0.39, 0.29) is 12.3 Å². The van der Waals surface area contributed by atoms with Crippen LogP contribution in [0.3, 0.4) is 0 Å². The normalized spacial score (nSPS) is 51.6. The van der Waals surface area contributed by atoms with E-state index in [0.717, 1.165) is 18.8 Å². The van der Waals surface area contributed by atoms with E-state index in [0.29, 0.717) is 18.6 Å². The minimum Gasteiger partial charge on any atom is -0.303 e. The second kappa shape index (κ2) is 7.31. The van der Waals surface area contributed by atoms with Crippen LogP contribution in [0.4, 0.5) is 0 Å². The smallest absolute Gasteiger partial charge is 0.123 e. The van der Waals surface area contributed by atoms with Crippen molar-refractivity contribution in [3.05, 3.63) is 0 Å². The first-order valence-electron chi connectivity index (χ1n) is 9.82. The van der Waals surface area contributed by atoms with Crippen LogP contribution in [0.15, 0.2) is 0 Å². The van der Waals surface area contributed by atoms with Gasteiger partial charge in [-0.15, -0.1) is 0 Å². The molecule has 2 rings (SSSR count). The lowest BCUT2D eigenvalue weighted by atomic mass is 9.69. The number of carbonyl (C=O) groups is 1. The topological polar surface area (TPSA) is 17.1 Å². The first-order chi connectivity index (χ1) is 10.4. The van der Waals surface area contributed by atoms with Gasteiger partial charge in [0.05, 0.1) is 0 Å². The van der Waals surface area contributed by atoms with Crippen molar-refractivity contribution < 1.29 is 10.3 Å². The summed E-state index contributed by atoms with van der Waals surface area (Å²) in [7, 11) is 0. The minimum absolute atomic E-state index is 0.0144. The molecule has 0 N–H and O–H groups in total. The highest BCUT2D eigenvalue weighted by molar-refractivity contribution is 5.53. The van der Waals surface area contributed by atoms with Crippen LogP contribution < -0.4 is 0 Å². The molecule has 3 atom stereocenters. The van der Waals surface area contributed by atoms with Crippen molar-refractivity contribution in [1.29, 1.82) is 0 Å². The highest BCUT2D eigenvalue weighted by Crippen LogP contribution is 2.41. The Labute approximate surface area is 118 Å². The molecule has 0 radical (unpaired) electrons. The van der Waals surface area contributed by atoms with Crippen LogP contribution in [0.1, 0.15) is 83.0 Å². The molecule has 2 aliphatic rings. The predicted molar refractivity (Wildman–Crippen MR) is 76.5 cm³/mol. The lowest BCUT2D eigenvalue weighted by Gasteiger charge is -2.37. The van der Waals surface area contributed by atoms with Crippen LogP contribution in [0.25, 0.3) is 0 Å². The Morgan fingerprint density at radius 1 is 1.17 bits per heavy atom. The summed E-state index contributed by atoms with van der Waals surface area (Å²) in [6, 6.07) is 0. The van der Waals surface area contributed by atoms with Gasteiger partial charge >= 0.3 is 0 Å². The molecule has 18 heavy (non-hydrogen) atoms. The summed E-state index contributed by atoms with van der Waals surface area (Å²) in [5, 5.41) is 0. The van der Waals surface area contributed by atoms with Crippen molar-refractivity contribution in [3.63, 3.8) is 0 Å². The SMILES string of the molecule is [2H]C1C(C2CCC(CCCC)CC2)CCC([2H])(C=O)C1([2H])[2H]. The summed E-state index contributed by atoms with van der Waals surface area (Å²) < 4.78 is 32.6. The van der Waals surface area contributed by atoms with Crippen molar-refractivity contribution in [2.24, 2.45) is 23.6 Å². The number of aldehydes is 1. The van der Waals surface area contributed by atoms with Gasteiger partial charge < -0.3 is 4.79 Å². The summed E-state index contributed by atoms with van der Waals surface area (Å²) in [6.45, 7) is 2.22. The van der Waals surface area contributed by atoms with Gasteiger partial charge in [-0.25, -0.2) is 0 Å². The summed E-state index contributed by atoms with van der Waals surface area (Å²) in [5.41, 5.74) is 0. The maximum atomic E-state index is 11.2. The van der Waals surface area contributed by atoms with E-state index in [9.17, 15) is 4.79 Å². The van der Waals surface area contributed by atoms with Gasteiger partial charge in [0.1, 0.15) is 6.29 Å². The van der Waals surface area contributed by atoms with Crippen molar-refractivity contribution >= 4 is 6.29 Å². The molecule has 2 saturated carbocycles. The fraction of sp³-hybridized carbons (Fsp3) is 0.941. The Morgan fingerprint density at radius 2 is 1.89 bits per heavy atom. The molecular weight excluding hydrogens is 220 g/mol. The molecule has 1 heteroatoms.